The average Bonchev–Trinajstić information content (AvgIpc) is 3.05. The average molecular weight is 725 g/mol. The van der Waals surface area contributed by atoms with Crippen molar-refractivity contribution in [1.29, 1.82) is 0 Å². The van der Waals surface area contributed by atoms with E-state index in [0.717, 1.165) is 51.4 Å². The third-order valence-electron chi connectivity index (χ3n) is 8.78. The summed E-state index contributed by atoms with van der Waals surface area (Å²) in [7, 11) is -5.00. The van der Waals surface area contributed by atoms with Crippen LogP contribution in [-0.4, -0.2) is 36.1 Å². The van der Waals surface area contributed by atoms with Crippen molar-refractivity contribution in [3.63, 3.8) is 0 Å². The summed E-state index contributed by atoms with van der Waals surface area (Å²) in [5.41, 5.74) is 0. The van der Waals surface area contributed by atoms with E-state index in [9.17, 15) is 19.0 Å². The van der Waals surface area contributed by atoms with Gasteiger partial charge in [0.05, 0.1) is 6.61 Å². The number of carbonyl (C=O) groups is 2. The molecule has 0 amide bonds. The Morgan fingerprint density at radius 2 is 0.918 bits per heavy atom. The molecule has 0 rings (SSSR count). The quantitative estimate of drug-likeness (QED) is 0.0224. The van der Waals surface area contributed by atoms with Crippen LogP contribution < -0.4 is 34.5 Å². The first kappa shape index (κ1) is 50.9. The monoisotopic (exact) mass is 725 g/mol. The number of ether oxygens (including phenoxy) is 2. The topological polar surface area (TPSA) is 122 Å². The van der Waals surface area contributed by atoms with Crippen LogP contribution in [0, 0.1) is 0 Å². The van der Waals surface area contributed by atoms with E-state index in [4.69, 9.17) is 14.4 Å². The molecule has 10 heteroatoms. The maximum atomic E-state index is 12.3. The van der Waals surface area contributed by atoms with Gasteiger partial charge in [-0.05, 0) is 38.5 Å². The molecule has 2 unspecified atom stereocenters. The molecule has 49 heavy (non-hydrogen) atoms. The van der Waals surface area contributed by atoms with Gasteiger partial charge in [0.25, 0.3) is 7.82 Å². The molecule has 0 bridgehead atoms. The summed E-state index contributed by atoms with van der Waals surface area (Å²) in [5.74, 6) is -0.921. The number of carbonyl (C=O) groups excluding carboxylic acids is 2. The van der Waals surface area contributed by atoms with Crippen LogP contribution >= 0.6 is 7.82 Å². The molecule has 0 spiro atoms. The minimum absolute atomic E-state index is 0. The number of esters is 2. The molecule has 0 aliphatic heterocycles. The van der Waals surface area contributed by atoms with E-state index < -0.39 is 32.5 Å². The molecular weight excluding hydrogens is 650 g/mol. The van der Waals surface area contributed by atoms with Crippen molar-refractivity contribution in [2.45, 2.75) is 213 Å². The van der Waals surface area contributed by atoms with Crippen molar-refractivity contribution in [3.8, 4) is 0 Å². The number of unbranched alkanes of at least 4 members (excludes halogenated alkanes) is 25. The predicted molar refractivity (Wildman–Crippen MR) is 196 cm³/mol. The number of hydrogen-bond donors (Lipinski definition) is 1. The fourth-order valence-electron chi connectivity index (χ4n) is 5.78. The number of phosphoric ester groups is 1. The first-order valence-corrected chi connectivity index (χ1v) is 21.5. The SMILES string of the molecule is CCCCCCCCC=CCCCCCCCC(=O)OC(COC(=O)CCCCCCCCCCCCCCCCC)COP(=O)([O-])O.[Na+]. The van der Waals surface area contributed by atoms with Crippen molar-refractivity contribution in [2.75, 3.05) is 13.2 Å². The summed E-state index contributed by atoms with van der Waals surface area (Å²) in [6, 6.07) is 0. The summed E-state index contributed by atoms with van der Waals surface area (Å²) in [5, 5.41) is 0. The van der Waals surface area contributed by atoms with Crippen molar-refractivity contribution in [1.82, 2.24) is 0 Å². The van der Waals surface area contributed by atoms with Gasteiger partial charge in [-0.15, -0.1) is 0 Å². The Morgan fingerprint density at radius 1 is 0.571 bits per heavy atom. The normalized spacial score (nSPS) is 13.2. The van der Waals surface area contributed by atoms with Gasteiger partial charge in [-0.1, -0.05) is 167 Å². The van der Waals surface area contributed by atoms with Crippen molar-refractivity contribution >= 4 is 19.8 Å². The first-order chi connectivity index (χ1) is 23.3. The molecule has 1 N–H and O–H groups in total. The van der Waals surface area contributed by atoms with Gasteiger partial charge >= 0.3 is 41.5 Å². The Bertz CT molecular complexity index is 804. The number of phosphoric acid groups is 1. The molecule has 0 saturated heterocycles. The van der Waals surface area contributed by atoms with E-state index in [-0.39, 0.29) is 49.0 Å². The van der Waals surface area contributed by atoms with Gasteiger partial charge in [-0.25, -0.2) is 0 Å². The Morgan fingerprint density at radius 3 is 1.31 bits per heavy atom. The number of rotatable bonds is 37. The second-order valence-corrected chi connectivity index (χ2v) is 14.8. The molecule has 0 saturated carbocycles. The van der Waals surface area contributed by atoms with E-state index in [1.165, 1.54) is 122 Å². The Balaban J connectivity index is 0. The van der Waals surface area contributed by atoms with Crippen LogP contribution in [0.3, 0.4) is 0 Å². The predicted octanol–water partition coefficient (Wildman–Crippen LogP) is 8.22. The minimum atomic E-state index is -5.00. The molecule has 0 aromatic carbocycles. The zero-order chi connectivity index (χ0) is 35.4. The van der Waals surface area contributed by atoms with Crippen LogP contribution in [-0.2, 0) is 28.2 Å². The molecule has 284 valence electrons. The third kappa shape index (κ3) is 42.1. The molecular formula is C39H74NaO8P. The molecule has 0 fully saturated rings. The van der Waals surface area contributed by atoms with Crippen LogP contribution in [0.4, 0.5) is 0 Å². The summed E-state index contributed by atoms with van der Waals surface area (Å²) in [6.07, 6.45) is 37.6. The van der Waals surface area contributed by atoms with Crippen LogP contribution in [0.1, 0.15) is 206 Å². The van der Waals surface area contributed by atoms with Gasteiger partial charge in [0, 0.05) is 12.8 Å². The molecule has 0 aliphatic rings. The summed E-state index contributed by atoms with van der Waals surface area (Å²) in [6.45, 7) is 3.59. The molecule has 8 nitrogen and oxygen atoms in total. The van der Waals surface area contributed by atoms with Crippen LogP contribution in [0.25, 0.3) is 0 Å². The van der Waals surface area contributed by atoms with E-state index in [2.05, 4.69) is 30.5 Å². The second kappa shape index (κ2) is 39.0. The molecule has 0 aromatic heterocycles. The van der Waals surface area contributed by atoms with E-state index in [1.807, 2.05) is 0 Å². The zero-order valence-electron chi connectivity index (χ0n) is 32.1. The van der Waals surface area contributed by atoms with Gasteiger partial charge in [0.1, 0.15) is 6.61 Å². The zero-order valence-corrected chi connectivity index (χ0v) is 35.0. The van der Waals surface area contributed by atoms with Gasteiger partial charge in [-0.2, -0.15) is 0 Å². The smallest absolute Gasteiger partial charge is 0.756 e. The third-order valence-corrected chi connectivity index (χ3v) is 9.25. The Labute approximate surface area is 323 Å². The molecule has 0 radical (unpaired) electrons. The molecule has 0 heterocycles. The van der Waals surface area contributed by atoms with Gasteiger partial charge in [-0.3, -0.25) is 14.2 Å². The fraction of sp³-hybridized carbons (Fsp3) is 0.897. The van der Waals surface area contributed by atoms with Crippen LogP contribution in [0.2, 0.25) is 0 Å². The maximum absolute atomic E-state index is 12.3. The van der Waals surface area contributed by atoms with E-state index >= 15 is 0 Å². The largest absolute Gasteiger partial charge is 1.00 e. The number of allylic oxidation sites excluding steroid dienone is 2. The van der Waals surface area contributed by atoms with Gasteiger partial charge < -0.3 is 23.8 Å². The summed E-state index contributed by atoms with van der Waals surface area (Å²) >= 11 is 0. The van der Waals surface area contributed by atoms with Gasteiger partial charge in [0.15, 0.2) is 6.10 Å². The summed E-state index contributed by atoms with van der Waals surface area (Å²) in [4.78, 5) is 44.6. The first-order valence-electron chi connectivity index (χ1n) is 20.0. The van der Waals surface area contributed by atoms with Crippen molar-refractivity contribution < 1.29 is 67.5 Å². The standard InChI is InChI=1S/C39H75O8P.Na/c1-3-5-7-9-11-13-15-17-19-21-23-25-27-29-31-33-38(40)45-35-37(36-46-48(42,43)44)47-39(41)34-32-30-28-26-24-22-20-18-16-14-12-10-8-6-4-2;/h18,20,37H,3-17,19,21-36H2,1-2H3,(H2,42,43,44);/q;+1/p-1. The van der Waals surface area contributed by atoms with Crippen LogP contribution in [0.5, 0.6) is 0 Å². The van der Waals surface area contributed by atoms with Crippen molar-refractivity contribution in [2.24, 2.45) is 0 Å². The minimum Gasteiger partial charge on any atom is -0.756 e. The molecule has 2 atom stereocenters. The van der Waals surface area contributed by atoms with Crippen LogP contribution in [0.15, 0.2) is 12.2 Å². The maximum Gasteiger partial charge on any atom is 1.00 e. The van der Waals surface area contributed by atoms with E-state index in [0.29, 0.717) is 6.42 Å². The fourth-order valence-corrected chi connectivity index (χ4v) is 6.13. The number of hydrogen-bond acceptors (Lipinski definition) is 7. The Kier molecular flexibility index (Phi) is 40.5. The summed E-state index contributed by atoms with van der Waals surface area (Å²) < 4.78 is 26.1. The van der Waals surface area contributed by atoms with Gasteiger partial charge in [0.2, 0.25) is 0 Å². The second-order valence-electron chi connectivity index (χ2n) is 13.6. The van der Waals surface area contributed by atoms with Crippen molar-refractivity contribution in [3.05, 3.63) is 12.2 Å². The van der Waals surface area contributed by atoms with E-state index in [1.54, 1.807) is 0 Å². The molecule has 0 aromatic rings. The Hall–Kier alpha value is -0.210. The molecule has 0 aliphatic carbocycles.